The predicted octanol–water partition coefficient (Wildman–Crippen LogP) is 5.07. The number of hydrogen-bond acceptors (Lipinski definition) is 4. The number of carbonyl (C=O) groups is 3. The van der Waals surface area contributed by atoms with Crippen molar-refractivity contribution in [3.8, 4) is 5.75 Å². The van der Waals surface area contributed by atoms with Crippen LogP contribution in [0.5, 0.6) is 5.75 Å². The van der Waals surface area contributed by atoms with Crippen LogP contribution < -0.4 is 15.0 Å². The Morgan fingerprint density at radius 1 is 1.00 bits per heavy atom. The van der Waals surface area contributed by atoms with Crippen molar-refractivity contribution in [2.45, 2.75) is 12.8 Å². The fourth-order valence-corrected chi connectivity index (χ4v) is 3.98. The van der Waals surface area contributed by atoms with Crippen LogP contribution in [0.3, 0.4) is 0 Å². The van der Waals surface area contributed by atoms with Gasteiger partial charge in [0.1, 0.15) is 5.75 Å². The molecule has 1 aliphatic rings. The molecule has 1 saturated heterocycles. The van der Waals surface area contributed by atoms with Crippen molar-refractivity contribution in [3.05, 3.63) is 87.9 Å². The van der Waals surface area contributed by atoms with Crippen molar-refractivity contribution >= 4 is 44.9 Å². The van der Waals surface area contributed by atoms with Gasteiger partial charge in [-0.25, -0.2) is 0 Å². The Morgan fingerprint density at radius 2 is 1.72 bits per heavy atom. The molecule has 0 aromatic heterocycles. The zero-order chi connectivity index (χ0) is 22.7. The van der Waals surface area contributed by atoms with Gasteiger partial charge < -0.3 is 15.0 Å². The average Bonchev–Trinajstić information content (AvgIpc) is 3.24. The summed E-state index contributed by atoms with van der Waals surface area (Å²) in [5.74, 6) is -0.0837. The number of nitrogens with zero attached hydrogens (tertiary/aromatic N) is 1. The van der Waals surface area contributed by atoms with Gasteiger partial charge in [0.2, 0.25) is 5.91 Å². The van der Waals surface area contributed by atoms with Crippen molar-refractivity contribution in [2.75, 3.05) is 23.9 Å². The highest BCUT2D eigenvalue weighted by molar-refractivity contribution is 9.10. The fraction of sp³-hybridized carbons (Fsp3) is 0.160. The summed E-state index contributed by atoms with van der Waals surface area (Å²) in [6.07, 6.45) is 1.33. The summed E-state index contributed by atoms with van der Waals surface area (Å²) in [5.41, 5.74) is 2.28. The molecule has 0 atom stereocenters. The van der Waals surface area contributed by atoms with Crippen LogP contribution in [0.1, 0.15) is 39.1 Å². The molecule has 1 N–H and O–H groups in total. The number of rotatable bonds is 6. The first-order chi connectivity index (χ1) is 15.5. The first-order valence-electron chi connectivity index (χ1n) is 10.2. The Hall–Kier alpha value is -3.45. The second kappa shape index (κ2) is 9.36. The van der Waals surface area contributed by atoms with Crippen LogP contribution in [0.15, 0.2) is 71.2 Å². The number of nitrogens with one attached hydrogen (secondary N) is 1. The van der Waals surface area contributed by atoms with Gasteiger partial charge in [0.05, 0.1) is 18.4 Å². The number of methoxy groups -OCH3 is 1. The second-order valence-corrected chi connectivity index (χ2v) is 8.29. The minimum atomic E-state index is -0.405. The molecule has 1 heterocycles. The van der Waals surface area contributed by atoms with Crippen LogP contribution >= 0.6 is 15.9 Å². The van der Waals surface area contributed by atoms with Crippen molar-refractivity contribution in [2.24, 2.45) is 0 Å². The molecule has 0 unspecified atom stereocenters. The standard InChI is InChI=1S/C25H21BrN2O4/c1-32-22-15-18(12-13-21(22)28-14-4-7-23(28)29)27-25(31)20-6-3-2-5-19(20)24(30)16-8-10-17(26)11-9-16/h2-3,5-6,8-13,15H,4,7,14H2,1H3,(H,27,31). The molecule has 0 aliphatic carbocycles. The lowest BCUT2D eigenvalue weighted by atomic mass is 9.98. The largest absolute Gasteiger partial charge is 0.494 e. The predicted molar refractivity (Wildman–Crippen MR) is 127 cm³/mol. The van der Waals surface area contributed by atoms with Gasteiger partial charge >= 0.3 is 0 Å². The zero-order valence-corrected chi connectivity index (χ0v) is 19.0. The Morgan fingerprint density at radius 3 is 2.38 bits per heavy atom. The molecule has 162 valence electrons. The molecule has 32 heavy (non-hydrogen) atoms. The van der Waals surface area contributed by atoms with E-state index in [0.717, 1.165) is 10.9 Å². The van der Waals surface area contributed by atoms with Gasteiger partial charge in [-0.2, -0.15) is 0 Å². The molecule has 7 heteroatoms. The molecule has 0 saturated carbocycles. The first kappa shape index (κ1) is 21.8. The highest BCUT2D eigenvalue weighted by atomic mass is 79.9. The molecule has 1 aliphatic heterocycles. The number of ketones is 1. The van der Waals surface area contributed by atoms with Crippen molar-refractivity contribution in [3.63, 3.8) is 0 Å². The summed E-state index contributed by atoms with van der Waals surface area (Å²) in [4.78, 5) is 39.8. The summed E-state index contributed by atoms with van der Waals surface area (Å²) in [7, 11) is 1.52. The van der Waals surface area contributed by atoms with Crippen LogP contribution in [0.4, 0.5) is 11.4 Å². The molecule has 0 radical (unpaired) electrons. The smallest absolute Gasteiger partial charge is 0.256 e. The number of carbonyl (C=O) groups excluding carboxylic acids is 3. The van der Waals surface area contributed by atoms with Gasteiger partial charge in [-0.15, -0.1) is 0 Å². The van der Waals surface area contributed by atoms with Gasteiger partial charge in [-0.1, -0.05) is 34.1 Å². The molecule has 0 bridgehead atoms. The zero-order valence-electron chi connectivity index (χ0n) is 17.4. The highest BCUT2D eigenvalue weighted by Gasteiger charge is 2.25. The second-order valence-electron chi connectivity index (χ2n) is 7.37. The summed E-state index contributed by atoms with van der Waals surface area (Å²) >= 11 is 3.36. The fourth-order valence-electron chi connectivity index (χ4n) is 3.72. The van der Waals surface area contributed by atoms with Gasteiger partial charge in [-0.3, -0.25) is 14.4 Å². The van der Waals surface area contributed by atoms with E-state index in [1.54, 1.807) is 71.6 Å². The third-order valence-electron chi connectivity index (χ3n) is 5.32. The SMILES string of the molecule is COc1cc(NC(=O)c2ccccc2C(=O)c2ccc(Br)cc2)ccc1N1CCCC1=O. The van der Waals surface area contributed by atoms with E-state index in [-0.39, 0.29) is 17.3 Å². The number of anilines is 2. The average molecular weight is 493 g/mol. The maximum Gasteiger partial charge on any atom is 0.256 e. The van der Waals surface area contributed by atoms with Crippen LogP contribution in [-0.2, 0) is 4.79 Å². The molecular weight excluding hydrogens is 472 g/mol. The van der Waals surface area contributed by atoms with Crippen LogP contribution in [0.25, 0.3) is 0 Å². The number of hydrogen-bond donors (Lipinski definition) is 1. The normalized spacial score (nSPS) is 13.2. The van der Waals surface area contributed by atoms with Crippen LogP contribution in [0, 0.1) is 0 Å². The quantitative estimate of drug-likeness (QED) is 0.487. The van der Waals surface area contributed by atoms with Crippen LogP contribution in [0.2, 0.25) is 0 Å². The molecule has 3 aromatic rings. The van der Waals surface area contributed by atoms with Gasteiger partial charge in [0.15, 0.2) is 5.78 Å². The monoisotopic (exact) mass is 492 g/mol. The third kappa shape index (κ3) is 4.43. The lowest BCUT2D eigenvalue weighted by Crippen LogP contribution is -2.24. The maximum atomic E-state index is 13.0. The summed E-state index contributed by atoms with van der Waals surface area (Å²) in [5, 5.41) is 2.84. The molecule has 3 aromatic carbocycles. The minimum absolute atomic E-state index is 0.0560. The maximum absolute atomic E-state index is 13.0. The number of ether oxygens (including phenoxy) is 1. The molecule has 4 rings (SSSR count). The van der Waals surface area contributed by atoms with Crippen molar-refractivity contribution in [1.29, 1.82) is 0 Å². The third-order valence-corrected chi connectivity index (χ3v) is 5.85. The Kier molecular flexibility index (Phi) is 6.37. The lowest BCUT2D eigenvalue weighted by molar-refractivity contribution is -0.117. The van der Waals surface area contributed by atoms with E-state index in [4.69, 9.17) is 4.74 Å². The number of halogens is 1. The summed E-state index contributed by atoms with van der Waals surface area (Å²) in [6.45, 7) is 0.645. The van der Waals surface area contributed by atoms with E-state index in [9.17, 15) is 14.4 Å². The molecule has 1 fully saturated rings. The van der Waals surface area contributed by atoms with Crippen molar-refractivity contribution < 1.29 is 19.1 Å². The Balaban J connectivity index is 1.59. The minimum Gasteiger partial charge on any atom is -0.494 e. The van der Waals surface area contributed by atoms with E-state index in [2.05, 4.69) is 21.2 Å². The van der Waals surface area contributed by atoms with Crippen molar-refractivity contribution in [1.82, 2.24) is 0 Å². The molecule has 6 nitrogen and oxygen atoms in total. The van der Waals surface area contributed by atoms with E-state index in [1.165, 1.54) is 7.11 Å². The summed E-state index contributed by atoms with van der Waals surface area (Å²) < 4.78 is 6.33. The highest BCUT2D eigenvalue weighted by Crippen LogP contribution is 2.34. The lowest BCUT2D eigenvalue weighted by Gasteiger charge is -2.20. The van der Waals surface area contributed by atoms with E-state index >= 15 is 0 Å². The number of benzene rings is 3. The summed E-state index contributed by atoms with van der Waals surface area (Å²) in [6, 6.07) is 18.9. The number of amides is 2. The topological polar surface area (TPSA) is 75.7 Å². The van der Waals surface area contributed by atoms with Gasteiger partial charge in [0.25, 0.3) is 5.91 Å². The van der Waals surface area contributed by atoms with E-state index in [1.807, 2.05) is 0 Å². The van der Waals surface area contributed by atoms with Gasteiger partial charge in [-0.05, 0) is 48.9 Å². The Bertz CT molecular complexity index is 1190. The molecule has 2 amide bonds. The molecule has 0 spiro atoms. The van der Waals surface area contributed by atoms with E-state index < -0.39 is 5.91 Å². The van der Waals surface area contributed by atoms with E-state index in [0.29, 0.717) is 41.2 Å². The van der Waals surface area contributed by atoms with Crippen LogP contribution in [-0.4, -0.2) is 31.3 Å². The van der Waals surface area contributed by atoms with Gasteiger partial charge in [0, 0.05) is 40.3 Å². The Labute approximate surface area is 194 Å². The molecular formula is C25H21BrN2O4. The first-order valence-corrected chi connectivity index (χ1v) is 11.0.